The number of ether oxygens (including phenoxy) is 1. The molecule has 0 aromatic heterocycles. The Morgan fingerprint density at radius 2 is 1.15 bits per heavy atom. The van der Waals surface area contributed by atoms with Crippen LogP contribution in [-0.4, -0.2) is 46.0 Å². The van der Waals surface area contributed by atoms with E-state index in [2.05, 4.69) is 0 Å². The maximum absolute atomic E-state index is 14.6. The molecule has 0 spiro atoms. The molecule has 0 radical (unpaired) electrons. The smallest absolute Gasteiger partial charge is 0.345 e. The molecular formula is C40H24Cl4N2O6. The van der Waals surface area contributed by atoms with Crippen molar-refractivity contribution < 1.29 is 28.7 Å². The van der Waals surface area contributed by atoms with Crippen molar-refractivity contribution in [3.63, 3.8) is 0 Å². The number of ketones is 1. The van der Waals surface area contributed by atoms with Gasteiger partial charge in [0.1, 0.15) is 12.3 Å². The van der Waals surface area contributed by atoms with E-state index in [1.807, 2.05) is 48.5 Å². The van der Waals surface area contributed by atoms with E-state index in [-0.39, 0.29) is 37.5 Å². The Hall–Kier alpha value is -4.99. The van der Waals surface area contributed by atoms with Gasteiger partial charge in [0, 0.05) is 28.0 Å². The molecular weight excluding hydrogens is 746 g/mol. The fraction of sp³-hybridized carbons (Fsp3) is 0.125. The highest BCUT2D eigenvalue weighted by Crippen LogP contribution is 2.61. The number of amides is 3. The molecule has 0 N–H and O–H groups in total. The number of carbonyl (C=O) groups excluding carboxylic acids is 5. The molecule has 2 atom stereocenters. The van der Waals surface area contributed by atoms with E-state index in [1.165, 1.54) is 60.7 Å². The first-order valence-electron chi connectivity index (χ1n) is 16.2. The number of hydrogen-bond donors (Lipinski definition) is 0. The zero-order valence-electron chi connectivity index (χ0n) is 26.8. The van der Waals surface area contributed by atoms with Gasteiger partial charge in [0.25, 0.3) is 17.7 Å². The van der Waals surface area contributed by atoms with Gasteiger partial charge in [0.15, 0.2) is 5.78 Å². The van der Waals surface area contributed by atoms with Gasteiger partial charge >= 0.3 is 5.97 Å². The van der Waals surface area contributed by atoms with Crippen molar-refractivity contribution in [3.05, 3.63) is 168 Å². The first-order valence-corrected chi connectivity index (χ1v) is 17.7. The summed E-state index contributed by atoms with van der Waals surface area (Å²) in [5.41, 5.74) is 4.12. The lowest BCUT2D eigenvalue weighted by Gasteiger charge is -2.45. The lowest BCUT2D eigenvalue weighted by molar-refractivity contribution is -0.154. The number of hydrogen-bond acceptors (Lipinski definition) is 6. The third-order valence-electron chi connectivity index (χ3n) is 9.90. The van der Waals surface area contributed by atoms with Gasteiger partial charge in [-0.2, -0.15) is 5.01 Å². The molecule has 12 heteroatoms. The van der Waals surface area contributed by atoms with E-state index in [9.17, 15) is 24.0 Å². The highest BCUT2D eigenvalue weighted by molar-refractivity contribution is 6.42. The van der Waals surface area contributed by atoms with Gasteiger partial charge in [-0.1, -0.05) is 94.9 Å². The summed E-state index contributed by atoms with van der Waals surface area (Å²) in [5.74, 6) is -5.54. The van der Waals surface area contributed by atoms with Crippen molar-refractivity contribution in [3.8, 4) is 5.75 Å². The molecule has 5 aromatic carbocycles. The molecule has 4 aliphatic rings. The number of benzene rings is 5. The molecule has 5 aromatic rings. The van der Waals surface area contributed by atoms with E-state index in [0.717, 1.165) is 32.3 Å². The van der Waals surface area contributed by atoms with Gasteiger partial charge in [-0.15, -0.1) is 0 Å². The van der Waals surface area contributed by atoms with Crippen LogP contribution in [0.25, 0.3) is 0 Å². The third kappa shape index (κ3) is 5.58. The maximum atomic E-state index is 14.6. The van der Waals surface area contributed by atoms with Gasteiger partial charge in [-0.05, 0) is 82.9 Å². The number of Topliss-reactive ketones (excluding diaryl/α,β-unsaturated/α-hetero) is 1. The Kier molecular flexibility index (Phi) is 8.66. The van der Waals surface area contributed by atoms with Crippen LogP contribution >= 0.6 is 46.4 Å². The minimum absolute atomic E-state index is 0.0235. The van der Waals surface area contributed by atoms with Crippen LogP contribution in [0.4, 0.5) is 0 Å². The summed E-state index contributed by atoms with van der Waals surface area (Å²) in [5, 5.41) is 2.50. The van der Waals surface area contributed by atoms with Crippen LogP contribution in [0, 0.1) is 11.8 Å². The highest BCUT2D eigenvalue weighted by atomic mass is 35.5. The minimum Gasteiger partial charge on any atom is -0.423 e. The molecule has 3 aliphatic carbocycles. The summed E-state index contributed by atoms with van der Waals surface area (Å²) in [7, 11) is 0. The average molecular weight is 770 g/mol. The minimum atomic E-state index is -0.792. The van der Waals surface area contributed by atoms with Crippen molar-refractivity contribution >= 4 is 75.9 Å². The summed E-state index contributed by atoms with van der Waals surface area (Å²) >= 11 is 24.5. The molecule has 2 bridgehead atoms. The Bertz CT molecular complexity index is 2250. The SMILES string of the molecule is O=C(CN(C(=O)c1ccc(Cl)c(Cl)c1)N1C(=O)[C@@H]2C3c4ccccc4C(c4ccccc43)[C@@H]2C1=O)c1ccc(OC(=O)c2ccc(Cl)cc2Cl)cc1. The fourth-order valence-electron chi connectivity index (χ4n) is 7.66. The Balaban J connectivity index is 1.12. The number of imide groups is 1. The Morgan fingerprint density at radius 1 is 0.615 bits per heavy atom. The number of esters is 1. The molecule has 52 heavy (non-hydrogen) atoms. The third-order valence-corrected chi connectivity index (χ3v) is 11.2. The molecule has 0 unspecified atom stereocenters. The molecule has 8 nitrogen and oxygen atoms in total. The largest absolute Gasteiger partial charge is 0.423 e. The topological polar surface area (TPSA) is 101 Å². The first kappa shape index (κ1) is 34.1. The van der Waals surface area contributed by atoms with Crippen molar-refractivity contribution in [2.75, 3.05) is 6.54 Å². The van der Waals surface area contributed by atoms with Crippen LogP contribution in [0.2, 0.25) is 20.1 Å². The van der Waals surface area contributed by atoms with Gasteiger partial charge < -0.3 is 4.74 Å². The fourth-order valence-corrected chi connectivity index (χ4v) is 8.45. The highest BCUT2D eigenvalue weighted by Gasteiger charge is 2.63. The number of carbonyl (C=O) groups is 5. The van der Waals surface area contributed by atoms with Gasteiger partial charge in [-0.3, -0.25) is 19.2 Å². The average Bonchev–Trinajstić information content (AvgIpc) is 3.41. The van der Waals surface area contributed by atoms with Gasteiger partial charge in [0.05, 0.1) is 32.5 Å². The summed E-state index contributed by atoms with van der Waals surface area (Å²) in [4.78, 5) is 70.0. The molecule has 0 saturated carbocycles. The van der Waals surface area contributed by atoms with Crippen LogP contribution in [-0.2, 0) is 9.59 Å². The Labute approximate surface area is 317 Å². The second kappa shape index (κ2) is 13.2. The van der Waals surface area contributed by atoms with E-state index >= 15 is 0 Å². The molecule has 9 rings (SSSR count). The van der Waals surface area contributed by atoms with E-state index < -0.39 is 59.7 Å². The number of halogens is 4. The van der Waals surface area contributed by atoms with Crippen molar-refractivity contribution in [2.45, 2.75) is 11.8 Å². The summed E-state index contributed by atoms with van der Waals surface area (Å²) < 4.78 is 5.43. The monoisotopic (exact) mass is 768 g/mol. The van der Waals surface area contributed by atoms with Crippen LogP contribution in [0.1, 0.15) is 65.2 Å². The number of hydrazine groups is 1. The first-order chi connectivity index (χ1) is 25.0. The van der Waals surface area contributed by atoms with E-state index in [0.29, 0.717) is 5.02 Å². The van der Waals surface area contributed by atoms with Crippen LogP contribution in [0.5, 0.6) is 5.75 Å². The molecule has 258 valence electrons. The van der Waals surface area contributed by atoms with Crippen molar-refractivity contribution in [2.24, 2.45) is 11.8 Å². The molecule has 1 saturated heterocycles. The molecule has 1 fully saturated rings. The summed E-state index contributed by atoms with van der Waals surface area (Å²) in [6.45, 7) is -0.662. The lowest BCUT2D eigenvalue weighted by atomic mass is 9.55. The quantitative estimate of drug-likeness (QED) is 0.0711. The van der Waals surface area contributed by atoms with Crippen LogP contribution < -0.4 is 4.74 Å². The maximum Gasteiger partial charge on any atom is 0.345 e. The predicted octanol–water partition coefficient (Wildman–Crippen LogP) is 8.65. The van der Waals surface area contributed by atoms with Gasteiger partial charge in [-0.25, -0.2) is 9.80 Å². The molecule has 1 aliphatic heterocycles. The normalized spacial score (nSPS) is 19.5. The zero-order valence-corrected chi connectivity index (χ0v) is 29.8. The predicted molar refractivity (Wildman–Crippen MR) is 195 cm³/mol. The van der Waals surface area contributed by atoms with Crippen LogP contribution in [0.15, 0.2) is 109 Å². The lowest BCUT2D eigenvalue weighted by Crippen LogP contribution is -2.52. The second-order valence-corrected chi connectivity index (χ2v) is 14.4. The summed E-state index contributed by atoms with van der Waals surface area (Å²) in [6, 6.07) is 29.7. The molecule has 1 heterocycles. The van der Waals surface area contributed by atoms with Crippen LogP contribution in [0.3, 0.4) is 0 Å². The van der Waals surface area contributed by atoms with E-state index in [1.54, 1.807) is 0 Å². The molecule has 3 amide bonds. The second-order valence-electron chi connectivity index (χ2n) is 12.7. The number of rotatable bonds is 7. The van der Waals surface area contributed by atoms with Crippen molar-refractivity contribution in [1.29, 1.82) is 0 Å². The summed E-state index contributed by atoms with van der Waals surface area (Å²) in [6.07, 6.45) is 0. The van der Waals surface area contributed by atoms with Crippen molar-refractivity contribution in [1.82, 2.24) is 10.0 Å². The zero-order chi connectivity index (χ0) is 36.4. The van der Waals surface area contributed by atoms with E-state index in [4.69, 9.17) is 51.1 Å². The Morgan fingerprint density at radius 3 is 1.67 bits per heavy atom. The number of nitrogens with zero attached hydrogens (tertiary/aromatic N) is 2. The standard InChI is InChI=1S/C40H24Cl4N2O6/c41-22-12-15-28(30(43)18-22)40(51)52-23-13-9-20(10-14-23)32(47)19-45(37(48)21-11-16-29(42)31(44)17-21)46-38(49)35-33-24-5-1-2-6-25(24)34(36(35)39(46)50)27-8-4-3-7-26(27)33/h1-18,33-36H,19H2/t33?,34?,35-,36+. The van der Waals surface area contributed by atoms with Gasteiger partial charge in [0.2, 0.25) is 0 Å².